The molecule has 1 aromatic heterocycles. The standard InChI is InChI=1S/C12H20N2S/c1-9-6-4-3-5-7-11(9)14-10(2)8-13-12(14)15/h8-9,11H,3-7H2,1-2H3,(H,13,15). The summed E-state index contributed by atoms with van der Waals surface area (Å²) in [7, 11) is 0. The molecule has 1 aromatic rings. The van der Waals surface area contributed by atoms with Gasteiger partial charge in [-0.05, 0) is 37.9 Å². The molecular weight excluding hydrogens is 204 g/mol. The van der Waals surface area contributed by atoms with Crippen molar-refractivity contribution in [3.8, 4) is 0 Å². The molecule has 15 heavy (non-hydrogen) atoms. The van der Waals surface area contributed by atoms with Gasteiger partial charge >= 0.3 is 0 Å². The lowest BCUT2D eigenvalue weighted by atomic mass is 9.96. The van der Waals surface area contributed by atoms with Crippen LogP contribution in [0.1, 0.15) is 50.8 Å². The molecule has 1 aliphatic rings. The molecule has 0 amide bonds. The van der Waals surface area contributed by atoms with Gasteiger partial charge in [0.1, 0.15) is 0 Å². The van der Waals surface area contributed by atoms with Gasteiger partial charge in [-0.15, -0.1) is 0 Å². The number of nitrogens with zero attached hydrogens (tertiary/aromatic N) is 1. The van der Waals surface area contributed by atoms with E-state index in [-0.39, 0.29) is 0 Å². The lowest BCUT2D eigenvalue weighted by Gasteiger charge is -2.24. The average Bonchev–Trinajstić information content (AvgIpc) is 2.42. The number of H-pyrrole nitrogens is 1. The molecule has 0 bridgehead atoms. The first-order valence-electron chi connectivity index (χ1n) is 5.96. The zero-order chi connectivity index (χ0) is 10.8. The molecule has 84 valence electrons. The summed E-state index contributed by atoms with van der Waals surface area (Å²) in [6.45, 7) is 4.51. The first kappa shape index (κ1) is 10.9. The number of hydrogen-bond donors (Lipinski definition) is 1. The molecule has 1 heterocycles. The van der Waals surface area contributed by atoms with Gasteiger partial charge in [0.05, 0.1) is 0 Å². The normalized spacial score (nSPS) is 27.6. The Morgan fingerprint density at radius 3 is 2.73 bits per heavy atom. The van der Waals surface area contributed by atoms with Crippen molar-refractivity contribution in [1.29, 1.82) is 0 Å². The largest absolute Gasteiger partial charge is 0.337 e. The van der Waals surface area contributed by atoms with Crippen LogP contribution in [0.15, 0.2) is 6.20 Å². The summed E-state index contributed by atoms with van der Waals surface area (Å²) in [5.74, 6) is 0.758. The molecule has 0 aliphatic heterocycles. The molecule has 1 saturated carbocycles. The Labute approximate surface area is 96.7 Å². The van der Waals surface area contributed by atoms with E-state index in [1.807, 2.05) is 6.20 Å². The SMILES string of the molecule is Cc1c[nH]c(=S)n1C1CCCCCC1C. The van der Waals surface area contributed by atoms with Crippen molar-refractivity contribution in [1.82, 2.24) is 9.55 Å². The van der Waals surface area contributed by atoms with Gasteiger partial charge in [0, 0.05) is 17.9 Å². The Bertz CT molecular complexity index is 377. The quantitative estimate of drug-likeness (QED) is 0.565. The van der Waals surface area contributed by atoms with Crippen LogP contribution in [0.25, 0.3) is 0 Å². The highest BCUT2D eigenvalue weighted by Gasteiger charge is 2.22. The highest BCUT2D eigenvalue weighted by atomic mass is 32.1. The van der Waals surface area contributed by atoms with E-state index in [0.717, 1.165) is 10.7 Å². The molecule has 2 unspecified atom stereocenters. The molecule has 1 fully saturated rings. The fourth-order valence-corrected chi connectivity index (χ4v) is 3.07. The summed E-state index contributed by atoms with van der Waals surface area (Å²) in [5.41, 5.74) is 1.28. The van der Waals surface area contributed by atoms with Gasteiger partial charge < -0.3 is 9.55 Å². The number of aryl methyl sites for hydroxylation is 1. The van der Waals surface area contributed by atoms with Crippen LogP contribution in [0.4, 0.5) is 0 Å². The fourth-order valence-electron chi connectivity index (χ4n) is 2.73. The van der Waals surface area contributed by atoms with E-state index in [4.69, 9.17) is 12.2 Å². The average molecular weight is 224 g/mol. The number of aromatic nitrogens is 2. The van der Waals surface area contributed by atoms with Gasteiger partial charge in [0.15, 0.2) is 4.77 Å². The first-order chi connectivity index (χ1) is 7.20. The van der Waals surface area contributed by atoms with Crippen molar-refractivity contribution in [2.24, 2.45) is 5.92 Å². The number of nitrogens with one attached hydrogen (secondary N) is 1. The summed E-state index contributed by atoms with van der Waals surface area (Å²) >= 11 is 5.36. The Balaban J connectivity index is 2.31. The summed E-state index contributed by atoms with van der Waals surface area (Å²) in [4.78, 5) is 3.15. The van der Waals surface area contributed by atoms with Crippen LogP contribution in [0.3, 0.4) is 0 Å². The predicted octanol–water partition coefficient (Wildman–Crippen LogP) is 4.00. The zero-order valence-electron chi connectivity index (χ0n) is 9.62. The maximum atomic E-state index is 5.36. The van der Waals surface area contributed by atoms with Crippen LogP contribution in [-0.2, 0) is 0 Å². The summed E-state index contributed by atoms with van der Waals surface area (Å²) in [5, 5.41) is 0. The van der Waals surface area contributed by atoms with Crippen molar-refractivity contribution in [3.05, 3.63) is 16.7 Å². The Kier molecular flexibility index (Phi) is 3.29. The van der Waals surface area contributed by atoms with Crippen molar-refractivity contribution >= 4 is 12.2 Å². The molecule has 0 aromatic carbocycles. The maximum Gasteiger partial charge on any atom is 0.177 e. The van der Waals surface area contributed by atoms with E-state index < -0.39 is 0 Å². The molecule has 0 saturated heterocycles. The third-order valence-corrected chi connectivity index (χ3v) is 3.97. The molecule has 0 spiro atoms. The van der Waals surface area contributed by atoms with Crippen LogP contribution in [-0.4, -0.2) is 9.55 Å². The van der Waals surface area contributed by atoms with Crippen LogP contribution in [0.5, 0.6) is 0 Å². The second-order valence-electron chi connectivity index (χ2n) is 4.79. The van der Waals surface area contributed by atoms with Crippen LogP contribution >= 0.6 is 12.2 Å². The van der Waals surface area contributed by atoms with Gasteiger partial charge in [-0.1, -0.05) is 26.2 Å². The van der Waals surface area contributed by atoms with Crippen molar-refractivity contribution in [2.75, 3.05) is 0 Å². The number of aromatic amines is 1. The van der Waals surface area contributed by atoms with Crippen LogP contribution in [0.2, 0.25) is 0 Å². The number of rotatable bonds is 1. The molecule has 0 radical (unpaired) electrons. The van der Waals surface area contributed by atoms with E-state index in [1.165, 1.54) is 37.8 Å². The lowest BCUT2D eigenvalue weighted by Crippen LogP contribution is -2.17. The summed E-state index contributed by atoms with van der Waals surface area (Å²) in [6, 6.07) is 0.617. The van der Waals surface area contributed by atoms with Gasteiger partial charge in [-0.3, -0.25) is 0 Å². The van der Waals surface area contributed by atoms with Crippen molar-refractivity contribution in [3.63, 3.8) is 0 Å². The molecule has 1 aliphatic carbocycles. The van der Waals surface area contributed by atoms with Crippen molar-refractivity contribution < 1.29 is 0 Å². The number of imidazole rings is 1. The molecule has 2 atom stereocenters. The first-order valence-corrected chi connectivity index (χ1v) is 6.37. The highest BCUT2D eigenvalue weighted by molar-refractivity contribution is 7.71. The zero-order valence-corrected chi connectivity index (χ0v) is 10.4. The summed E-state index contributed by atoms with van der Waals surface area (Å²) < 4.78 is 3.22. The molecule has 2 rings (SSSR count). The number of hydrogen-bond acceptors (Lipinski definition) is 1. The van der Waals surface area contributed by atoms with Gasteiger partial charge in [-0.2, -0.15) is 0 Å². The molecule has 1 N–H and O–H groups in total. The molecule has 3 heteroatoms. The van der Waals surface area contributed by atoms with E-state index in [1.54, 1.807) is 0 Å². The predicted molar refractivity (Wildman–Crippen MR) is 65.6 cm³/mol. The minimum absolute atomic E-state index is 0.617. The van der Waals surface area contributed by atoms with Crippen molar-refractivity contribution in [2.45, 2.75) is 52.0 Å². The minimum atomic E-state index is 0.617. The lowest BCUT2D eigenvalue weighted by molar-refractivity contribution is 0.326. The van der Waals surface area contributed by atoms with E-state index in [2.05, 4.69) is 23.4 Å². The van der Waals surface area contributed by atoms with Gasteiger partial charge in [0.2, 0.25) is 0 Å². The minimum Gasteiger partial charge on any atom is -0.337 e. The van der Waals surface area contributed by atoms with E-state index in [0.29, 0.717) is 6.04 Å². The monoisotopic (exact) mass is 224 g/mol. The Morgan fingerprint density at radius 2 is 2.07 bits per heavy atom. The van der Waals surface area contributed by atoms with E-state index in [9.17, 15) is 0 Å². The maximum absolute atomic E-state index is 5.36. The third kappa shape index (κ3) is 2.17. The second kappa shape index (κ2) is 4.52. The van der Waals surface area contributed by atoms with E-state index >= 15 is 0 Å². The molecule has 2 nitrogen and oxygen atoms in total. The summed E-state index contributed by atoms with van der Waals surface area (Å²) in [6.07, 6.45) is 8.78. The molecular formula is C12H20N2S. The van der Waals surface area contributed by atoms with Crippen LogP contribution in [0, 0.1) is 17.6 Å². The Morgan fingerprint density at radius 1 is 1.33 bits per heavy atom. The van der Waals surface area contributed by atoms with Gasteiger partial charge in [-0.25, -0.2) is 0 Å². The third-order valence-electron chi connectivity index (χ3n) is 3.65. The topological polar surface area (TPSA) is 20.7 Å². The fraction of sp³-hybridized carbons (Fsp3) is 0.750. The highest BCUT2D eigenvalue weighted by Crippen LogP contribution is 2.33. The second-order valence-corrected chi connectivity index (χ2v) is 5.17. The van der Waals surface area contributed by atoms with Gasteiger partial charge in [0.25, 0.3) is 0 Å². The smallest absolute Gasteiger partial charge is 0.177 e. The van der Waals surface area contributed by atoms with Crippen LogP contribution < -0.4 is 0 Å². The Hall–Kier alpha value is -0.570.